The molecule has 1 aromatic heterocycles. The summed E-state index contributed by atoms with van der Waals surface area (Å²) in [6, 6.07) is 6.48. The average Bonchev–Trinajstić information content (AvgIpc) is 2.93. The van der Waals surface area contributed by atoms with Crippen molar-refractivity contribution in [3.05, 3.63) is 42.2 Å². The van der Waals surface area contributed by atoms with Crippen molar-refractivity contribution in [2.24, 2.45) is 4.99 Å². The maximum atomic E-state index is 4.60. The molecule has 0 spiro atoms. The standard InChI is InChI=1S/C15H22N4/c1-2-16-15(19-14-8-3-4-9-14)18-12-10-13-7-5-6-11-17-13/h3-7,11,14H,2,8-10,12H2,1H3,(H2,16,18,19). The molecule has 102 valence electrons. The van der Waals surface area contributed by atoms with Gasteiger partial charge in [-0.2, -0.15) is 0 Å². The molecule has 2 N–H and O–H groups in total. The number of aliphatic imine (C=N–C) groups is 1. The lowest BCUT2D eigenvalue weighted by atomic mass is 10.2. The van der Waals surface area contributed by atoms with Crippen molar-refractivity contribution in [1.29, 1.82) is 0 Å². The van der Waals surface area contributed by atoms with Gasteiger partial charge in [-0.1, -0.05) is 18.2 Å². The predicted octanol–water partition coefficient (Wildman–Crippen LogP) is 1.90. The van der Waals surface area contributed by atoms with Crippen molar-refractivity contribution in [1.82, 2.24) is 15.6 Å². The summed E-state index contributed by atoms with van der Waals surface area (Å²) in [6.07, 6.45) is 9.31. The molecular weight excluding hydrogens is 236 g/mol. The fourth-order valence-electron chi connectivity index (χ4n) is 2.08. The third kappa shape index (κ3) is 4.73. The SMILES string of the molecule is CCNC(=NCCc1ccccn1)NC1CC=CC1. The van der Waals surface area contributed by atoms with Crippen LogP contribution in [0.2, 0.25) is 0 Å². The highest BCUT2D eigenvalue weighted by Gasteiger charge is 2.11. The van der Waals surface area contributed by atoms with Crippen LogP contribution >= 0.6 is 0 Å². The highest BCUT2D eigenvalue weighted by atomic mass is 15.2. The van der Waals surface area contributed by atoms with Gasteiger partial charge in [0.2, 0.25) is 0 Å². The van der Waals surface area contributed by atoms with Crippen molar-refractivity contribution in [2.45, 2.75) is 32.2 Å². The molecule has 4 nitrogen and oxygen atoms in total. The zero-order chi connectivity index (χ0) is 13.3. The first-order valence-electron chi connectivity index (χ1n) is 6.98. The van der Waals surface area contributed by atoms with E-state index in [1.807, 2.05) is 24.4 Å². The first kappa shape index (κ1) is 13.6. The highest BCUT2D eigenvalue weighted by Crippen LogP contribution is 2.08. The van der Waals surface area contributed by atoms with Gasteiger partial charge in [-0.15, -0.1) is 0 Å². The van der Waals surface area contributed by atoms with Crippen LogP contribution in [0.1, 0.15) is 25.5 Å². The van der Waals surface area contributed by atoms with Gasteiger partial charge in [0.1, 0.15) is 0 Å². The lowest BCUT2D eigenvalue weighted by Gasteiger charge is -2.16. The summed E-state index contributed by atoms with van der Waals surface area (Å²) in [5, 5.41) is 6.75. The van der Waals surface area contributed by atoms with Crippen LogP contribution in [-0.4, -0.2) is 30.1 Å². The van der Waals surface area contributed by atoms with Crippen LogP contribution in [0.25, 0.3) is 0 Å². The molecule has 19 heavy (non-hydrogen) atoms. The second kappa shape index (κ2) is 7.56. The first-order valence-corrected chi connectivity index (χ1v) is 6.98. The molecule has 0 amide bonds. The number of hydrogen-bond donors (Lipinski definition) is 2. The smallest absolute Gasteiger partial charge is 0.191 e. The largest absolute Gasteiger partial charge is 0.357 e. The molecule has 1 aliphatic rings. The van der Waals surface area contributed by atoms with Crippen LogP contribution in [0.15, 0.2) is 41.5 Å². The van der Waals surface area contributed by atoms with E-state index in [1.54, 1.807) is 0 Å². The Hall–Kier alpha value is -1.84. The zero-order valence-electron chi connectivity index (χ0n) is 11.5. The molecular formula is C15H22N4. The summed E-state index contributed by atoms with van der Waals surface area (Å²) in [5.41, 5.74) is 1.09. The summed E-state index contributed by atoms with van der Waals surface area (Å²) in [6.45, 7) is 3.73. The summed E-state index contributed by atoms with van der Waals surface area (Å²) < 4.78 is 0. The number of nitrogens with one attached hydrogen (secondary N) is 2. The number of aromatic nitrogens is 1. The van der Waals surface area contributed by atoms with E-state index in [9.17, 15) is 0 Å². The molecule has 0 bridgehead atoms. The average molecular weight is 258 g/mol. The molecule has 0 saturated heterocycles. The molecule has 4 heteroatoms. The maximum Gasteiger partial charge on any atom is 0.191 e. The molecule has 0 aromatic carbocycles. The fraction of sp³-hybridized carbons (Fsp3) is 0.467. The van der Waals surface area contributed by atoms with Gasteiger partial charge in [0.05, 0.1) is 0 Å². The molecule has 0 fully saturated rings. The van der Waals surface area contributed by atoms with Crippen LogP contribution < -0.4 is 10.6 Å². The van der Waals surface area contributed by atoms with Crippen molar-refractivity contribution >= 4 is 5.96 Å². The maximum absolute atomic E-state index is 4.60. The molecule has 0 aliphatic heterocycles. The van der Waals surface area contributed by atoms with Crippen LogP contribution in [0.4, 0.5) is 0 Å². The van der Waals surface area contributed by atoms with Gasteiger partial charge in [0.25, 0.3) is 0 Å². The Kier molecular flexibility index (Phi) is 5.41. The molecule has 1 heterocycles. The second-order valence-corrected chi connectivity index (χ2v) is 4.62. The number of rotatable bonds is 5. The van der Waals surface area contributed by atoms with E-state index in [4.69, 9.17) is 0 Å². The Morgan fingerprint density at radius 1 is 1.37 bits per heavy atom. The highest BCUT2D eigenvalue weighted by molar-refractivity contribution is 5.80. The molecule has 2 rings (SSSR count). The Labute approximate surface area is 115 Å². The summed E-state index contributed by atoms with van der Waals surface area (Å²) in [5.74, 6) is 0.909. The van der Waals surface area contributed by atoms with Gasteiger partial charge >= 0.3 is 0 Å². The topological polar surface area (TPSA) is 49.3 Å². The first-order chi connectivity index (χ1) is 9.38. The van der Waals surface area contributed by atoms with Crippen molar-refractivity contribution in [2.75, 3.05) is 13.1 Å². The monoisotopic (exact) mass is 258 g/mol. The van der Waals surface area contributed by atoms with E-state index < -0.39 is 0 Å². The van der Waals surface area contributed by atoms with Gasteiger partial charge < -0.3 is 10.6 Å². The Morgan fingerprint density at radius 3 is 2.89 bits per heavy atom. The number of pyridine rings is 1. The number of guanidine groups is 1. The summed E-state index contributed by atoms with van der Waals surface area (Å²) in [4.78, 5) is 8.90. The Balaban J connectivity index is 1.81. The summed E-state index contributed by atoms with van der Waals surface area (Å²) >= 11 is 0. The molecule has 0 radical (unpaired) electrons. The number of hydrogen-bond acceptors (Lipinski definition) is 2. The third-order valence-corrected chi connectivity index (χ3v) is 3.06. The van der Waals surface area contributed by atoms with E-state index in [1.165, 1.54) is 0 Å². The minimum absolute atomic E-state index is 0.493. The minimum Gasteiger partial charge on any atom is -0.357 e. The van der Waals surface area contributed by atoms with Crippen LogP contribution in [0.3, 0.4) is 0 Å². The van der Waals surface area contributed by atoms with Crippen molar-refractivity contribution in [3.8, 4) is 0 Å². The molecule has 1 aliphatic carbocycles. The quantitative estimate of drug-likeness (QED) is 0.482. The molecule has 0 atom stereocenters. The molecule has 0 saturated carbocycles. The second-order valence-electron chi connectivity index (χ2n) is 4.62. The molecule has 0 unspecified atom stereocenters. The van der Waals surface area contributed by atoms with E-state index in [0.29, 0.717) is 6.04 Å². The van der Waals surface area contributed by atoms with Gasteiger partial charge in [-0.3, -0.25) is 9.98 Å². The summed E-state index contributed by atoms with van der Waals surface area (Å²) in [7, 11) is 0. The minimum atomic E-state index is 0.493. The van der Waals surface area contributed by atoms with Gasteiger partial charge in [0.15, 0.2) is 5.96 Å². The van der Waals surface area contributed by atoms with Crippen LogP contribution in [0.5, 0.6) is 0 Å². The third-order valence-electron chi connectivity index (χ3n) is 3.06. The van der Waals surface area contributed by atoms with E-state index in [2.05, 4.69) is 39.7 Å². The van der Waals surface area contributed by atoms with Crippen LogP contribution in [0, 0.1) is 0 Å². The van der Waals surface area contributed by atoms with Gasteiger partial charge in [-0.25, -0.2) is 0 Å². The Bertz CT molecular complexity index is 417. The van der Waals surface area contributed by atoms with Crippen molar-refractivity contribution < 1.29 is 0 Å². The lowest BCUT2D eigenvalue weighted by molar-refractivity contribution is 0.633. The van der Waals surface area contributed by atoms with E-state index in [0.717, 1.165) is 44.0 Å². The lowest BCUT2D eigenvalue weighted by Crippen LogP contribution is -2.42. The van der Waals surface area contributed by atoms with Crippen LogP contribution in [-0.2, 0) is 6.42 Å². The number of nitrogens with zero attached hydrogens (tertiary/aromatic N) is 2. The Morgan fingerprint density at radius 2 is 2.21 bits per heavy atom. The van der Waals surface area contributed by atoms with Gasteiger partial charge in [0, 0.05) is 37.4 Å². The normalized spacial score (nSPS) is 15.7. The predicted molar refractivity (Wildman–Crippen MR) is 79.2 cm³/mol. The van der Waals surface area contributed by atoms with E-state index in [-0.39, 0.29) is 0 Å². The van der Waals surface area contributed by atoms with E-state index >= 15 is 0 Å². The zero-order valence-corrected chi connectivity index (χ0v) is 11.5. The van der Waals surface area contributed by atoms with Crippen molar-refractivity contribution in [3.63, 3.8) is 0 Å². The van der Waals surface area contributed by atoms with Gasteiger partial charge in [-0.05, 0) is 31.9 Å². The fourth-order valence-corrected chi connectivity index (χ4v) is 2.08. The molecule has 1 aromatic rings.